The minimum Gasteiger partial charge on any atom is -0.322 e. The van der Waals surface area contributed by atoms with Gasteiger partial charge in [-0.3, -0.25) is 4.79 Å². The largest absolute Gasteiger partial charge is 0.322 e. The Balaban J connectivity index is 1.53. The summed E-state index contributed by atoms with van der Waals surface area (Å²) in [7, 11) is 0. The molecule has 2 aromatic carbocycles. The fourth-order valence-electron chi connectivity index (χ4n) is 2.61. The summed E-state index contributed by atoms with van der Waals surface area (Å²) in [4.78, 5) is 16.8. The minimum atomic E-state index is -0.171. The first-order valence-corrected chi connectivity index (χ1v) is 8.77. The molecule has 1 amide bonds. The van der Waals surface area contributed by atoms with E-state index in [-0.39, 0.29) is 5.91 Å². The Bertz CT molecular complexity index is 1020. The van der Waals surface area contributed by atoms with Gasteiger partial charge in [-0.25, -0.2) is 9.67 Å². The van der Waals surface area contributed by atoms with Crippen LogP contribution in [0.3, 0.4) is 0 Å². The summed E-state index contributed by atoms with van der Waals surface area (Å²) < 4.78 is 1.80. The van der Waals surface area contributed by atoms with E-state index in [2.05, 4.69) is 20.6 Å². The highest BCUT2D eigenvalue weighted by Gasteiger charge is 2.10. The number of anilines is 1. The van der Waals surface area contributed by atoms with Crippen molar-refractivity contribution in [3.63, 3.8) is 0 Å². The number of hydrogen-bond acceptors (Lipinski definition) is 5. The van der Waals surface area contributed by atoms with Crippen molar-refractivity contribution >= 4 is 34.0 Å². The number of nitrogens with one attached hydrogen (secondary N) is 1. The van der Waals surface area contributed by atoms with Crippen LogP contribution in [0.15, 0.2) is 54.0 Å². The van der Waals surface area contributed by atoms with Crippen molar-refractivity contribution in [2.45, 2.75) is 13.5 Å². The van der Waals surface area contributed by atoms with Gasteiger partial charge in [0.05, 0.1) is 5.52 Å². The average Bonchev–Trinajstić information content (AvgIpc) is 3.31. The van der Waals surface area contributed by atoms with E-state index in [4.69, 9.17) is 0 Å². The van der Waals surface area contributed by atoms with Crippen LogP contribution in [0.4, 0.5) is 5.69 Å². The molecule has 0 radical (unpaired) electrons. The smallest absolute Gasteiger partial charge is 0.255 e. The predicted molar refractivity (Wildman–Crippen MR) is 98.7 cm³/mol. The summed E-state index contributed by atoms with van der Waals surface area (Å²) in [5, 5.41) is 14.0. The van der Waals surface area contributed by atoms with Crippen LogP contribution >= 0.6 is 11.3 Å². The molecule has 2 aromatic heterocycles. The first kappa shape index (κ1) is 15.5. The van der Waals surface area contributed by atoms with Crippen molar-refractivity contribution in [2.24, 2.45) is 0 Å². The number of aromatic nitrogens is 4. The van der Waals surface area contributed by atoms with Crippen molar-refractivity contribution in [2.75, 3.05) is 5.32 Å². The second-order valence-corrected chi connectivity index (χ2v) is 6.37. The van der Waals surface area contributed by atoms with Gasteiger partial charge < -0.3 is 5.32 Å². The Morgan fingerprint density at radius 2 is 2.04 bits per heavy atom. The molecule has 0 bridgehead atoms. The second kappa shape index (κ2) is 6.45. The van der Waals surface area contributed by atoms with Crippen LogP contribution in [0.2, 0.25) is 0 Å². The number of nitrogens with zero attached hydrogens (tertiary/aromatic N) is 4. The molecule has 1 N–H and O–H groups in total. The molecule has 0 aliphatic carbocycles. The zero-order chi connectivity index (χ0) is 17.2. The van der Waals surface area contributed by atoms with Crippen LogP contribution in [0.1, 0.15) is 17.3 Å². The van der Waals surface area contributed by atoms with E-state index >= 15 is 0 Å². The van der Waals surface area contributed by atoms with Gasteiger partial charge in [-0.2, -0.15) is 0 Å². The van der Waals surface area contributed by atoms with Crippen LogP contribution in [0.5, 0.6) is 0 Å². The molecule has 0 unspecified atom stereocenters. The lowest BCUT2D eigenvalue weighted by atomic mass is 10.1. The summed E-state index contributed by atoms with van der Waals surface area (Å²) in [6, 6.07) is 13.1. The third-order valence-corrected chi connectivity index (χ3v) is 4.72. The van der Waals surface area contributed by atoms with Gasteiger partial charge in [-0.15, -0.1) is 16.4 Å². The van der Waals surface area contributed by atoms with Gasteiger partial charge in [0, 0.05) is 34.9 Å². The van der Waals surface area contributed by atoms with Crippen molar-refractivity contribution in [1.29, 1.82) is 0 Å². The normalized spacial score (nSPS) is 10.9. The monoisotopic (exact) mass is 349 g/mol. The van der Waals surface area contributed by atoms with Crippen molar-refractivity contribution < 1.29 is 4.79 Å². The zero-order valence-electron chi connectivity index (χ0n) is 13.5. The maximum Gasteiger partial charge on any atom is 0.255 e. The Labute approximate surface area is 148 Å². The van der Waals surface area contributed by atoms with E-state index in [1.165, 1.54) is 0 Å². The fraction of sp³-hybridized carbons (Fsp3) is 0.111. The number of rotatable bonds is 4. The van der Waals surface area contributed by atoms with E-state index in [1.54, 1.807) is 34.3 Å². The number of aryl methyl sites for hydroxylation is 1. The van der Waals surface area contributed by atoms with E-state index in [9.17, 15) is 4.79 Å². The van der Waals surface area contributed by atoms with Gasteiger partial charge in [0.2, 0.25) is 0 Å². The molecule has 0 aliphatic heterocycles. The number of benzene rings is 2. The van der Waals surface area contributed by atoms with Crippen LogP contribution in [0.25, 0.3) is 21.6 Å². The number of carbonyl (C=O) groups excluding carboxylic acids is 1. The highest BCUT2D eigenvalue weighted by molar-refractivity contribution is 7.13. The van der Waals surface area contributed by atoms with Crippen LogP contribution in [-0.2, 0) is 6.54 Å². The number of amides is 1. The quantitative estimate of drug-likeness (QED) is 0.608. The molecule has 0 atom stereocenters. The van der Waals surface area contributed by atoms with Crippen LogP contribution in [-0.4, -0.2) is 25.9 Å². The molecule has 0 saturated carbocycles. The topological polar surface area (TPSA) is 72.7 Å². The van der Waals surface area contributed by atoms with Gasteiger partial charge in [-0.05, 0) is 49.4 Å². The molecule has 4 rings (SSSR count). The first-order valence-electron chi connectivity index (χ1n) is 7.89. The molecule has 4 aromatic rings. The summed E-state index contributed by atoms with van der Waals surface area (Å²) in [5.74, 6) is -0.171. The number of fused-ring (bicyclic) bond motifs is 1. The molecule has 124 valence electrons. The van der Waals surface area contributed by atoms with Gasteiger partial charge in [0.25, 0.3) is 5.91 Å². The lowest BCUT2D eigenvalue weighted by Gasteiger charge is -2.06. The second-order valence-electron chi connectivity index (χ2n) is 5.48. The molecule has 0 spiro atoms. The minimum absolute atomic E-state index is 0.171. The molecular formula is C18H15N5OS. The Hall–Kier alpha value is -3.06. The average molecular weight is 349 g/mol. The van der Waals surface area contributed by atoms with Gasteiger partial charge in [0.1, 0.15) is 10.5 Å². The third kappa shape index (κ3) is 3.01. The third-order valence-electron chi connectivity index (χ3n) is 3.90. The van der Waals surface area contributed by atoms with Crippen molar-refractivity contribution in [3.8, 4) is 10.6 Å². The molecule has 0 fully saturated rings. The molecule has 6 nitrogen and oxygen atoms in total. The number of hydrogen-bond donors (Lipinski definition) is 1. The molecule has 0 saturated heterocycles. The molecular weight excluding hydrogens is 334 g/mol. The SMILES string of the molecule is CCn1nnc2cc(C(=O)Nc3ccc(-c4nccs4)cc3)ccc21. The summed E-state index contributed by atoms with van der Waals surface area (Å²) in [6.07, 6.45) is 1.78. The van der Waals surface area contributed by atoms with Crippen molar-refractivity contribution in [1.82, 2.24) is 20.0 Å². The van der Waals surface area contributed by atoms with E-state index in [0.717, 1.165) is 28.3 Å². The Kier molecular flexibility index (Phi) is 3.99. The highest BCUT2D eigenvalue weighted by atomic mass is 32.1. The standard InChI is InChI=1S/C18H15N5OS/c1-2-23-16-8-5-13(11-15(16)21-22-23)17(24)20-14-6-3-12(4-7-14)18-19-9-10-25-18/h3-11H,2H2,1H3,(H,20,24). The molecule has 0 aliphatic rings. The van der Waals surface area contributed by atoms with Crippen LogP contribution < -0.4 is 5.32 Å². The maximum atomic E-state index is 12.5. The summed E-state index contributed by atoms with van der Waals surface area (Å²) >= 11 is 1.58. The van der Waals surface area contributed by atoms with Crippen LogP contribution in [0, 0.1) is 0 Å². The van der Waals surface area contributed by atoms with Gasteiger partial charge >= 0.3 is 0 Å². The zero-order valence-corrected chi connectivity index (χ0v) is 14.3. The fourth-order valence-corrected chi connectivity index (χ4v) is 3.26. The molecule has 2 heterocycles. The van der Waals surface area contributed by atoms with Gasteiger partial charge in [0.15, 0.2) is 0 Å². The van der Waals surface area contributed by atoms with E-state index < -0.39 is 0 Å². The molecule has 25 heavy (non-hydrogen) atoms. The first-order chi connectivity index (χ1) is 12.2. The lowest BCUT2D eigenvalue weighted by molar-refractivity contribution is 0.102. The number of carbonyl (C=O) groups is 1. The molecule has 7 heteroatoms. The lowest BCUT2D eigenvalue weighted by Crippen LogP contribution is -2.11. The number of thiazole rings is 1. The van der Waals surface area contributed by atoms with E-state index in [0.29, 0.717) is 11.1 Å². The van der Waals surface area contributed by atoms with Gasteiger partial charge in [-0.1, -0.05) is 5.21 Å². The highest BCUT2D eigenvalue weighted by Crippen LogP contribution is 2.23. The summed E-state index contributed by atoms with van der Waals surface area (Å²) in [5.41, 5.74) is 3.97. The Morgan fingerprint density at radius 1 is 1.20 bits per heavy atom. The van der Waals surface area contributed by atoms with E-state index in [1.807, 2.05) is 42.6 Å². The predicted octanol–water partition coefficient (Wildman–Crippen LogP) is 3.83. The maximum absolute atomic E-state index is 12.5. The Morgan fingerprint density at radius 3 is 2.76 bits per heavy atom. The van der Waals surface area contributed by atoms with Crippen molar-refractivity contribution in [3.05, 3.63) is 59.6 Å². The summed E-state index contributed by atoms with van der Waals surface area (Å²) in [6.45, 7) is 2.75.